The van der Waals surface area contributed by atoms with Gasteiger partial charge in [-0.1, -0.05) is 6.92 Å². The monoisotopic (exact) mass is 233 g/mol. The molecule has 2 unspecified atom stereocenters. The van der Waals surface area contributed by atoms with Crippen molar-refractivity contribution in [3.8, 4) is 0 Å². The van der Waals surface area contributed by atoms with E-state index >= 15 is 0 Å². The highest BCUT2D eigenvalue weighted by atomic mass is 79.9. The number of likely N-dealkylation sites (tertiary alicyclic amines) is 1. The molecule has 0 aromatic carbocycles. The van der Waals surface area contributed by atoms with Crippen LogP contribution in [0.5, 0.6) is 0 Å². The maximum atomic E-state index is 2.47. The number of nitrogens with zero attached hydrogens (tertiary/aromatic N) is 1. The maximum absolute atomic E-state index is 2.47. The Kier molecular flexibility index (Phi) is 3.21. The van der Waals surface area contributed by atoms with Gasteiger partial charge in [0.25, 0.3) is 0 Å². The summed E-state index contributed by atoms with van der Waals surface area (Å²) in [6.07, 6.45) is 5.94. The molecule has 2 fully saturated rings. The lowest BCUT2D eigenvalue weighted by Gasteiger charge is -2.38. The number of piperidine rings is 1. The van der Waals surface area contributed by atoms with E-state index in [1.165, 1.54) is 43.3 Å². The Labute approximate surface area is 86.5 Å². The van der Waals surface area contributed by atoms with Crippen molar-refractivity contribution >= 4 is 0 Å². The van der Waals surface area contributed by atoms with Crippen LogP contribution < -0.4 is 17.0 Å². The molecule has 0 spiro atoms. The van der Waals surface area contributed by atoms with Crippen LogP contribution in [0, 0.1) is 5.92 Å². The highest BCUT2D eigenvalue weighted by molar-refractivity contribution is 4.83. The van der Waals surface area contributed by atoms with Gasteiger partial charge in [-0.25, -0.2) is 0 Å². The molecule has 1 aliphatic carbocycles. The number of halogens is 1. The molecule has 1 heterocycles. The zero-order valence-electron chi connectivity index (χ0n) is 8.22. The van der Waals surface area contributed by atoms with Gasteiger partial charge in [0.05, 0.1) is 26.2 Å². The molecule has 0 aromatic rings. The van der Waals surface area contributed by atoms with E-state index in [4.69, 9.17) is 0 Å². The van der Waals surface area contributed by atoms with Crippen molar-refractivity contribution in [2.24, 2.45) is 5.92 Å². The SMILES string of the molecule is CCC[N+]1(C)CC2CC[C@H]1C2.[Br-]. The molecule has 2 bridgehead atoms. The average Bonchev–Trinajstić information content (AvgIpc) is 2.45. The van der Waals surface area contributed by atoms with Crippen LogP contribution in [0.25, 0.3) is 0 Å². The molecule has 0 N–H and O–H groups in total. The number of rotatable bonds is 2. The van der Waals surface area contributed by atoms with Gasteiger partial charge in [0, 0.05) is 12.3 Å². The van der Waals surface area contributed by atoms with Crippen molar-refractivity contribution in [1.82, 2.24) is 0 Å². The first-order valence-electron chi connectivity index (χ1n) is 5.09. The number of hydrogen-bond acceptors (Lipinski definition) is 0. The first-order valence-corrected chi connectivity index (χ1v) is 5.09. The lowest BCUT2D eigenvalue weighted by molar-refractivity contribution is -0.925. The smallest absolute Gasteiger partial charge is 0.0893 e. The summed E-state index contributed by atoms with van der Waals surface area (Å²) in [5.74, 6) is 1.09. The molecule has 0 radical (unpaired) electrons. The Hall–Kier alpha value is 0.440. The Bertz CT molecular complexity index is 160. The van der Waals surface area contributed by atoms with E-state index in [1.807, 2.05) is 0 Å². The third kappa shape index (κ3) is 1.56. The lowest BCUT2D eigenvalue weighted by Crippen LogP contribution is -3.00. The molecule has 72 valence electrons. The minimum Gasteiger partial charge on any atom is -1.00 e. The first kappa shape index (κ1) is 10.5. The van der Waals surface area contributed by atoms with Gasteiger partial charge in [-0.15, -0.1) is 0 Å². The van der Waals surface area contributed by atoms with Crippen LogP contribution in [-0.2, 0) is 0 Å². The third-order valence-electron chi connectivity index (χ3n) is 3.80. The van der Waals surface area contributed by atoms with Gasteiger partial charge in [-0.05, 0) is 19.3 Å². The van der Waals surface area contributed by atoms with Crippen LogP contribution in [0.15, 0.2) is 0 Å². The quantitative estimate of drug-likeness (QED) is 0.539. The molecular weight excluding hydrogens is 214 g/mol. The van der Waals surface area contributed by atoms with Gasteiger partial charge in [0.1, 0.15) is 0 Å². The number of fused-ring (bicyclic) bond motifs is 2. The summed E-state index contributed by atoms with van der Waals surface area (Å²) in [7, 11) is 2.47. The predicted molar refractivity (Wildman–Crippen MR) is 47.3 cm³/mol. The molecule has 0 aromatic heterocycles. The van der Waals surface area contributed by atoms with Crippen LogP contribution in [0.2, 0.25) is 0 Å². The zero-order valence-corrected chi connectivity index (χ0v) is 9.81. The van der Waals surface area contributed by atoms with Crippen LogP contribution in [-0.4, -0.2) is 30.7 Å². The molecule has 3 atom stereocenters. The fraction of sp³-hybridized carbons (Fsp3) is 1.00. The highest BCUT2D eigenvalue weighted by Crippen LogP contribution is 2.41. The van der Waals surface area contributed by atoms with Crippen molar-refractivity contribution in [1.29, 1.82) is 0 Å². The Morgan fingerprint density at radius 1 is 1.33 bits per heavy atom. The van der Waals surface area contributed by atoms with Crippen LogP contribution in [0.4, 0.5) is 0 Å². The average molecular weight is 234 g/mol. The summed E-state index contributed by atoms with van der Waals surface area (Å²) in [5, 5.41) is 0. The molecule has 1 saturated carbocycles. The molecule has 2 heteroatoms. The first-order chi connectivity index (χ1) is 5.24. The summed E-state index contributed by atoms with van der Waals surface area (Å²) in [6.45, 7) is 5.22. The van der Waals surface area contributed by atoms with E-state index < -0.39 is 0 Å². The fourth-order valence-electron chi connectivity index (χ4n) is 3.30. The van der Waals surface area contributed by atoms with Crippen molar-refractivity contribution in [3.63, 3.8) is 0 Å². The van der Waals surface area contributed by atoms with Crippen molar-refractivity contribution in [3.05, 3.63) is 0 Å². The number of hydrogen-bond donors (Lipinski definition) is 0. The molecule has 1 saturated heterocycles. The molecule has 12 heavy (non-hydrogen) atoms. The van der Waals surface area contributed by atoms with E-state index in [-0.39, 0.29) is 17.0 Å². The lowest BCUT2D eigenvalue weighted by atomic mass is 10.1. The maximum Gasteiger partial charge on any atom is 0.0893 e. The topological polar surface area (TPSA) is 0 Å². The van der Waals surface area contributed by atoms with Crippen molar-refractivity contribution in [2.75, 3.05) is 20.1 Å². The van der Waals surface area contributed by atoms with Crippen molar-refractivity contribution < 1.29 is 21.5 Å². The normalized spacial score (nSPS) is 44.5. The third-order valence-corrected chi connectivity index (χ3v) is 3.80. The van der Waals surface area contributed by atoms with Gasteiger partial charge >= 0.3 is 0 Å². The summed E-state index contributed by atoms with van der Waals surface area (Å²) < 4.78 is 1.40. The van der Waals surface area contributed by atoms with Gasteiger partial charge < -0.3 is 21.5 Å². The second-order valence-electron chi connectivity index (χ2n) is 4.72. The fourth-order valence-corrected chi connectivity index (χ4v) is 3.30. The molecule has 2 rings (SSSR count). The second kappa shape index (κ2) is 3.67. The summed E-state index contributed by atoms with van der Waals surface area (Å²) in [5.41, 5.74) is 0. The van der Waals surface area contributed by atoms with E-state index in [0.29, 0.717) is 0 Å². The zero-order chi connectivity index (χ0) is 7.90. The van der Waals surface area contributed by atoms with E-state index in [2.05, 4.69) is 14.0 Å². The van der Waals surface area contributed by atoms with Crippen LogP contribution >= 0.6 is 0 Å². The highest BCUT2D eigenvalue weighted by Gasteiger charge is 2.47. The standard InChI is InChI=1S/C10H20N.BrH/c1-3-6-11(2)8-9-4-5-10(11)7-9;/h9-10H,3-8H2,1-2H3;1H/q+1;/p-1/t9?,10-,11?;/m0./s1. The van der Waals surface area contributed by atoms with Gasteiger partial charge in [-0.3, -0.25) is 0 Å². The van der Waals surface area contributed by atoms with Crippen molar-refractivity contribution in [2.45, 2.75) is 38.6 Å². The molecular formula is C10H20BrN. The Balaban J connectivity index is 0.000000720. The van der Waals surface area contributed by atoms with E-state index in [9.17, 15) is 0 Å². The van der Waals surface area contributed by atoms with Gasteiger partial charge in [-0.2, -0.15) is 0 Å². The van der Waals surface area contributed by atoms with Gasteiger partial charge in [0.15, 0.2) is 0 Å². The second-order valence-corrected chi connectivity index (χ2v) is 4.72. The van der Waals surface area contributed by atoms with Crippen LogP contribution in [0.3, 0.4) is 0 Å². The Morgan fingerprint density at radius 3 is 2.50 bits per heavy atom. The van der Waals surface area contributed by atoms with Crippen LogP contribution in [0.1, 0.15) is 32.6 Å². The predicted octanol–water partition coefficient (Wildman–Crippen LogP) is -0.971. The minimum atomic E-state index is 0. The molecule has 0 amide bonds. The van der Waals surface area contributed by atoms with E-state index in [1.54, 1.807) is 0 Å². The summed E-state index contributed by atoms with van der Waals surface area (Å²) in [6, 6.07) is 1.04. The van der Waals surface area contributed by atoms with E-state index in [0.717, 1.165) is 12.0 Å². The molecule has 2 aliphatic rings. The molecule has 1 aliphatic heterocycles. The summed E-state index contributed by atoms with van der Waals surface area (Å²) in [4.78, 5) is 0. The van der Waals surface area contributed by atoms with Gasteiger partial charge in [0.2, 0.25) is 0 Å². The minimum absolute atomic E-state index is 0. The largest absolute Gasteiger partial charge is 1.00 e. The Morgan fingerprint density at radius 2 is 2.08 bits per heavy atom. The molecule has 1 nitrogen and oxygen atoms in total. The number of quaternary nitrogens is 1. The summed E-state index contributed by atoms with van der Waals surface area (Å²) >= 11 is 0.